The number of alkyl halides is 1. The van der Waals surface area contributed by atoms with Crippen molar-refractivity contribution < 1.29 is 9.13 Å². The van der Waals surface area contributed by atoms with Crippen molar-refractivity contribution in [2.75, 3.05) is 13.7 Å². The summed E-state index contributed by atoms with van der Waals surface area (Å²) >= 11 is 0. The van der Waals surface area contributed by atoms with Gasteiger partial charge in [0.25, 0.3) is 0 Å². The maximum atomic E-state index is 13.9. The van der Waals surface area contributed by atoms with Crippen LogP contribution >= 0.6 is 0 Å². The van der Waals surface area contributed by atoms with Crippen LogP contribution in [0.2, 0.25) is 0 Å². The second-order valence-electron chi connectivity index (χ2n) is 5.13. The summed E-state index contributed by atoms with van der Waals surface area (Å²) in [7, 11) is 1.65. The number of hydrogen-bond acceptors (Lipinski definition) is 2. The highest BCUT2D eigenvalue weighted by atomic mass is 19.1. The summed E-state index contributed by atoms with van der Waals surface area (Å²) < 4.78 is 19.0. The Kier molecular flexibility index (Phi) is 4.53. The van der Waals surface area contributed by atoms with Crippen LogP contribution in [0.15, 0.2) is 0 Å². The molecule has 0 amide bonds. The molecule has 3 unspecified atom stereocenters. The van der Waals surface area contributed by atoms with E-state index < -0.39 is 6.17 Å². The number of halogens is 1. The molecule has 90 valence electrons. The monoisotopic (exact) mass is 217 g/mol. The molecule has 1 heterocycles. The Balaban J connectivity index is 2.78. The fourth-order valence-electron chi connectivity index (χ4n) is 2.69. The zero-order valence-electron chi connectivity index (χ0n) is 10.5. The minimum atomic E-state index is -0.736. The van der Waals surface area contributed by atoms with Gasteiger partial charge in [0.05, 0.1) is 12.6 Å². The highest BCUT2D eigenvalue weighted by Crippen LogP contribution is 2.33. The van der Waals surface area contributed by atoms with Crippen LogP contribution < -0.4 is 0 Å². The van der Waals surface area contributed by atoms with E-state index in [1.165, 1.54) is 0 Å². The normalized spacial score (nSPS) is 33.2. The maximum Gasteiger partial charge on any atom is 0.119 e. The van der Waals surface area contributed by atoms with Gasteiger partial charge >= 0.3 is 0 Å². The summed E-state index contributed by atoms with van der Waals surface area (Å²) in [5.41, 5.74) is 0. The molecule has 1 aliphatic heterocycles. The molecule has 0 bridgehead atoms. The Morgan fingerprint density at radius 2 is 1.93 bits per heavy atom. The third-order valence-electron chi connectivity index (χ3n) is 3.35. The van der Waals surface area contributed by atoms with Crippen LogP contribution in [0.5, 0.6) is 0 Å². The fourth-order valence-corrected chi connectivity index (χ4v) is 2.69. The number of ether oxygens (including phenoxy) is 1. The third-order valence-corrected chi connectivity index (χ3v) is 3.35. The molecule has 1 fully saturated rings. The summed E-state index contributed by atoms with van der Waals surface area (Å²) in [4.78, 5) is 2.29. The Morgan fingerprint density at radius 1 is 1.33 bits per heavy atom. The van der Waals surface area contributed by atoms with Gasteiger partial charge in [-0.1, -0.05) is 13.8 Å². The van der Waals surface area contributed by atoms with Crippen molar-refractivity contribution in [3.63, 3.8) is 0 Å². The third kappa shape index (κ3) is 2.70. The molecule has 0 aromatic carbocycles. The van der Waals surface area contributed by atoms with E-state index in [4.69, 9.17) is 4.74 Å². The van der Waals surface area contributed by atoms with Crippen molar-refractivity contribution in [2.24, 2.45) is 5.92 Å². The lowest BCUT2D eigenvalue weighted by Crippen LogP contribution is -2.46. The molecule has 2 nitrogen and oxygen atoms in total. The lowest BCUT2D eigenvalue weighted by Gasteiger charge is -2.35. The first-order valence-electron chi connectivity index (χ1n) is 5.89. The molecule has 0 aliphatic carbocycles. The molecule has 0 N–H and O–H groups in total. The van der Waals surface area contributed by atoms with Gasteiger partial charge in [0.1, 0.15) is 6.17 Å². The van der Waals surface area contributed by atoms with Crippen molar-refractivity contribution in [1.82, 2.24) is 4.90 Å². The van der Waals surface area contributed by atoms with E-state index in [0.29, 0.717) is 31.0 Å². The summed E-state index contributed by atoms with van der Waals surface area (Å²) in [5, 5.41) is 0. The number of likely N-dealkylation sites (tertiary alicyclic amines) is 1. The van der Waals surface area contributed by atoms with Gasteiger partial charge in [-0.2, -0.15) is 0 Å². The number of hydrogen-bond donors (Lipinski definition) is 0. The van der Waals surface area contributed by atoms with E-state index in [2.05, 4.69) is 32.6 Å². The molecule has 0 aromatic heterocycles. The first kappa shape index (κ1) is 12.9. The molecule has 0 saturated carbocycles. The molecular formula is C12H24FNO. The number of rotatable bonds is 4. The minimum Gasteiger partial charge on any atom is -0.383 e. The van der Waals surface area contributed by atoms with E-state index in [1.807, 2.05) is 0 Å². The summed E-state index contributed by atoms with van der Waals surface area (Å²) in [6, 6.07) is 0.695. The quantitative estimate of drug-likeness (QED) is 0.717. The van der Waals surface area contributed by atoms with Gasteiger partial charge in [0, 0.05) is 19.2 Å². The van der Waals surface area contributed by atoms with Gasteiger partial charge in [-0.25, -0.2) is 4.39 Å². The second kappa shape index (κ2) is 5.26. The number of methoxy groups -OCH3 is 1. The molecule has 0 radical (unpaired) electrons. The van der Waals surface area contributed by atoms with Crippen LogP contribution in [0, 0.1) is 5.92 Å². The summed E-state index contributed by atoms with van der Waals surface area (Å²) in [5.74, 6) is 0.507. The van der Waals surface area contributed by atoms with Crippen LogP contribution in [0.1, 0.15) is 34.1 Å². The van der Waals surface area contributed by atoms with Gasteiger partial charge < -0.3 is 4.74 Å². The molecule has 3 atom stereocenters. The van der Waals surface area contributed by atoms with Gasteiger partial charge in [-0.3, -0.25) is 4.90 Å². The average molecular weight is 217 g/mol. The molecule has 1 rings (SSSR count). The Hall–Kier alpha value is -0.150. The van der Waals surface area contributed by atoms with Crippen molar-refractivity contribution in [1.29, 1.82) is 0 Å². The van der Waals surface area contributed by atoms with Gasteiger partial charge in [0.15, 0.2) is 0 Å². The van der Waals surface area contributed by atoms with Crippen LogP contribution in [0.25, 0.3) is 0 Å². The Morgan fingerprint density at radius 3 is 2.33 bits per heavy atom. The molecule has 0 aromatic rings. The standard InChI is InChI=1S/C12H24FNO/c1-8(2)11-6-10(13)12(7-15-5)14(11)9(3)4/h8-12H,6-7H2,1-5H3. The largest absolute Gasteiger partial charge is 0.383 e. The highest BCUT2D eigenvalue weighted by molar-refractivity contribution is 4.96. The van der Waals surface area contributed by atoms with Gasteiger partial charge in [-0.05, 0) is 26.2 Å². The first-order valence-corrected chi connectivity index (χ1v) is 5.89. The number of nitrogens with zero attached hydrogens (tertiary/aromatic N) is 1. The topological polar surface area (TPSA) is 12.5 Å². The second-order valence-corrected chi connectivity index (χ2v) is 5.13. The molecule has 1 saturated heterocycles. The van der Waals surface area contributed by atoms with Crippen molar-refractivity contribution in [3.8, 4) is 0 Å². The van der Waals surface area contributed by atoms with Crippen LogP contribution in [0.3, 0.4) is 0 Å². The van der Waals surface area contributed by atoms with Crippen molar-refractivity contribution in [2.45, 2.75) is 58.4 Å². The SMILES string of the molecule is COCC1C(F)CC(C(C)C)N1C(C)C. The van der Waals surface area contributed by atoms with E-state index in [9.17, 15) is 4.39 Å². The van der Waals surface area contributed by atoms with Crippen LogP contribution in [0.4, 0.5) is 4.39 Å². The van der Waals surface area contributed by atoms with E-state index >= 15 is 0 Å². The van der Waals surface area contributed by atoms with Crippen LogP contribution in [-0.4, -0.2) is 42.9 Å². The summed E-state index contributed by atoms with van der Waals surface area (Å²) in [6.45, 7) is 9.11. The summed E-state index contributed by atoms with van der Waals surface area (Å²) in [6.07, 6.45) is -0.0797. The van der Waals surface area contributed by atoms with Gasteiger partial charge in [-0.15, -0.1) is 0 Å². The molecule has 1 aliphatic rings. The highest BCUT2D eigenvalue weighted by Gasteiger charge is 2.43. The van der Waals surface area contributed by atoms with E-state index in [1.54, 1.807) is 7.11 Å². The zero-order valence-corrected chi connectivity index (χ0v) is 10.5. The Bertz CT molecular complexity index is 196. The minimum absolute atomic E-state index is 0.0533. The van der Waals surface area contributed by atoms with Crippen molar-refractivity contribution in [3.05, 3.63) is 0 Å². The fraction of sp³-hybridized carbons (Fsp3) is 1.00. The molecular weight excluding hydrogens is 193 g/mol. The smallest absolute Gasteiger partial charge is 0.119 e. The predicted octanol–water partition coefficient (Wildman–Crippen LogP) is 2.48. The lowest BCUT2D eigenvalue weighted by molar-refractivity contribution is 0.0451. The maximum absolute atomic E-state index is 13.9. The lowest BCUT2D eigenvalue weighted by atomic mass is 10.0. The van der Waals surface area contributed by atoms with E-state index in [0.717, 1.165) is 0 Å². The van der Waals surface area contributed by atoms with E-state index in [-0.39, 0.29) is 6.04 Å². The molecule has 15 heavy (non-hydrogen) atoms. The first-order chi connectivity index (χ1) is 6.99. The molecule has 0 spiro atoms. The Labute approximate surface area is 92.8 Å². The van der Waals surface area contributed by atoms with Gasteiger partial charge in [0.2, 0.25) is 0 Å². The zero-order chi connectivity index (χ0) is 11.6. The predicted molar refractivity (Wildman–Crippen MR) is 60.8 cm³/mol. The average Bonchev–Trinajstić information content (AvgIpc) is 2.45. The van der Waals surface area contributed by atoms with Crippen molar-refractivity contribution >= 4 is 0 Å². The molecule has 3 heteroatoms. The van der Waals surface area contributed by atoms with Crippen LogP contribution in [-0.2, 0) is 4.74 Å².